The molecule has 1 saturated heterocycles. The van der Waals surface area contributed by atoms with Gasteiger partial charge in [0.15, 0.2) is 28.5 Å². The van der Waals surface area contributed by atoms with Crippen LogP contribution in [0.2, 0.25) is 36.3 Å². The third-order valence-corrected chi connectivity index (χ3v) is 18.6. The largest absolute Gasteiger partial charge is 0.414 e. The number of amides is 3. The van der Waals surface area contributed by atoms with Gasteiger partial charge in [-0.15, -0.1) is 0 Å². The highest BCUT2D eigenvalue weighted by molar-refractivity contribution is 7.90. The second-order valence-electron chi connectivity index (χ2n) is 13.7. The minimum Gasteiger partial charge on any atom is -0.414 e. The Bertz CT molecular complexity index is 1290. The standard InChI is InChI=1S/C27H45N3O8SSi2/c1-25(2,3)40(7,8)35-16-20-27(19(28)17-39(33,34)38-27)21(37-41(9,10)26(4,5)6)23(36-20)30-24(32)29-22(31)18-14-12-11-13-15-18/h11-15,17,20-21,23H,16,28H2,1-10H3,(H2,29,30,31,32)/t20?,21?,23-,27?/m1/s1. The Morgan fingerprint density at radius 1 is 1.00 bits per heavy atom. The second-order valence-corrected chi connectivity index (χ2v) is 24.6. The first-order valence-corrected chi connectivity index (χ1v) is 20.9. The number of nitrogens with two attached hydrogens (primary N) is 1. The van der Waals surface area contributed by atoms with Crippen LogP contribution in [0.3, 0.4) is 0 Å². The van der Waals surface area contributed by atoms with Crippen molar-refractivity contribution in [2.24, 2.45) is 5.73 Å². The van der Waals surface area contributed by atoms with Crippen LogP contribution in [0.15, 0.2) is 41.4 Å². The number of carbonyl (C=O) groups is 2. The molecule has 2 aliphatic rings. The quantitative estimate of drug-likeness (QED) is 0.298. The topological polar surface area (TPSA) is 155 Å². The molecule has 1 fully saturated rings. The Morgan fingerprint density at radius 2 is 1.56 bits per heavy atom. The Morgan fingerprint density at radius 3 is 2.05 bits per heavy atom. The van der Waals surface area contributed by atoms with Crippen LogP contribution in [-0.2, 0) is 27.9 Å². The summed E-state index contributed by atoms with van der Waals surface area (Å²) in [6.45, 7) is 20.4. The highest BCUT2D eigenvalue weighted by Crippen LogP contribution is 2.49. The molecular formula is C27H45N3O8SSi2. The molecule has 3 amide bonds. The van der Waals surface area contributed by atoms with Gasteiger partial charge < -0.3 is 24.6 Å². The van der Waals surface area contributed by atoms with Gasteiger partial charge in [-0.05, 0) is 48.4 Å². The van der Waals surface area contributed by atoms with Crippen molar-refractivity contribution in [3.05, 3.63) is 47.0 Å². The molecule has 1 aromatic carbocycles. The van der Waals surface area contributed by atoms with Crippen molar-refractivity contribution < 1.29 is 35.8 Å². The van der Waals surface area contributed by atoms with Gasteiger partial charge in [-0.2, -0.15) is 8.42 Å². The maximum atomic E-state index is 13.1. The van der Waals surface area contributed by atoms with Gasteiger partial charge in [0, 0.05) is 5.56 Å². The molecule has 230 valence electrons. The van der Waals surface area contributed by atoms with Crippen LogP contribution in [0.25, 0.3) is 0 Å². The third-order valence-electron chi connectivity index (χ3n) is 8.63. The molecule has 2 aliphatic heterocycles. The molecule has 4 N–H and O–H groups in total. The molecule has 1 spiro atoms. The van der Waals surface area contributed by atoms with Gasteiger partial charge in [0.1, 0.15) is 12.2 Å². The van der Waals surface area contributed by atoms with Crippen LogP contribution >= 0.6 is 0 Å². The lowest BCUT2D eigenvalue weighted by Crippen LogP contribution is -2.61. The molecule has 0 aliphatic carbocycles. The molecule has 1 aromatic rings. The molecule has 0 radical (unpaired) electrons. The summed E-state index contributed by atoms with van der Waals surface area (Å²) in [4.78, 5) is 25.7. The fourth-order valence-corrected chi connectivity index (χ4v) is 7.58. The van der Waals surface area contributed by atoms with Crippen molar-refractivity contribution in [3.8, 4) is 0 Å². The van der Waals surface area contributed by atoms with E-state index in [1.165, 1.54) is 0 Å². The number of benzene rings is 1. The normalized spacial score (nSPS) is 26.6. The van der Waals surface area contributed by atoms with Gasteiger partial charge in [0.05, 0.1) is 17.7 Å². The smallest absolute Gasteiger partial charge is 0.323 e. The van der Waals surface area contributed by atoms with Gasteiger partial charge in [0.25, 0.3) is 16.0 Å². The predicted octanol–water partition coefficient (Wildman–Crippen LogP) is 4.16. The number of rotatable bonds is 7. The summed E-state index contributed by atoms with van der Waals surface area (Å²) in [7, 11) is -9.17. The van der Waals surface area contributed by atoms with Crippen molar-refractivity contribution in [1.82, 2.24) is 10.6 Å². The van der Waals surface area contributed by atoms with Crippen LogP contribution in [0.1, 0.15) is 51.9 Å². The Balaban J connectivity index is 2.02. The van der Waals surface area contributed by atoms with E-state index in [0.717, 1.165) is 5.41 Å². The minimum atomic E-state index is -4.19. The minimum absolute atomic E-state index is 0.0549. The average Bonchev–Trinajstić information content (AvgIpc) is 3.22. The van der Waals surface area contributed by atoms with E-state index in [-0.39, 0.29) is 22.4 Å². The Kier molecular flexibility index (Phi) is 9.14. The summed E-state index contributed by atoms with van der Waals surface area (Å²) in [5.74, 6) is -0.616. The summed E-state index contributed by atoms with van der Waals surface area (Å²) in [6, 6.07) is 7.41. The van der Waals surface area contributed by atoms with Crippen LogP contribution < -0.4 is 16.4 Å². The molecule has 2 heterocycles. The monoisotopic (exact) mass is 627 g/mol. The number of urea groups is 1. The Labute approximate surface area is 245 Å². The van der Waals surface area contributed by atoms with E-state index in [0.29, 0.717) is 5.56 Å². The predicted molar refractivity (Wildman–Crippen MR) is 161 cm³/mol. The van der Waals surface area contributed by atoms with E-state index in [4.69, 9.17) is 23.5 Å². The molecule has 0 saturated carbocycles. The molecular weight excluding hydrogens is 583 g/mol. The van der Waals surface area contributed by atoms with E-state index in [1.807, 2.05) is 33.9 Å². The lowest BCUT2D eigenvalue weighted by atomic mass is 9.89. The van der Waals surface area contributed by atoms with Gasteiger partial charge in [-0.3, -0.25) is 10.1 Å². The first-order chi connectivity index (χ1) is 18.5. The summed E-state index contributed by atoms with van der Waals surface area (Å²) in [6.07, 6.45) is -3.43. The van der Waals surface area contributed by atoms with Crippen LogP contribution in [0.5, 0.6) is 0 Å². The summed E-state index contributed by atoms with van der Waals surface area (Å²) in [5, 5.41) is 5.37. The van der Waals surface area contributed by atoms with Crippen LogP contribution in [0, 0.1) is 0 Å². The van der Waals surface area contributed by atoms with Crippen molar-refractivity contribution in [2.75, 3.05) is 6.61 Å². The van der Waals surface area contributed by atoms with Crippen molar-refractivity contribution in [3.63, 3.8) is 0 Å². The highest BCUT2D eigenvalue weighted by Gasteiger charge is 2.67. The van der Waals surface area contributed by atoms with E-state index >= 15 is 0 Å². The molecule has 41 heavy (non-hydrogen) atoms. The molecule has 14 heteroatoms. The first-order valence-electron chi connectivity index (χ1n) is 13.6. The van der Waals surface area contributed by atoms with Crippen molar-refractivity contribution in [2.45, 2.75) is 102 Å². The molecule has 11 nitrogen and oxygen atoms in total. The lowest BCUT2D eigenvalue weighted by Gasteiger charge is -2.43. The highest BCUT2D eigenvalue weighted by atomic mass is 32.2. The number of hydrogen-bond donors (Lipinski definition) is 3. The lowest BCUT2D eigenvalue weighted by molar-refractivity contribution is -0.0420. The Hall–Kier alpha value is -2.08. The van der Waals surface area contributed by atoms with Gasteiger partial charge in [-0.1, -0.05) is 59.7 Å². The number of imide groups is 1. The van der Waals surface area contributed by atoms with Gasteiger partial charge in [0.2, 0.25) is 0 Å². The molecule has 4 atom stereocenters. The number of carbonyl (C=O) groups excluding carboxylic acids is 2. The SMILES string of the molecule is CC(C)(C)[Si](C)(C)OCC1O[C@@H](NC(=O)NC(=O)c2ccccc2)C(O[Si](C)(C)C(C)(C)C)C12OS(=O)(=O)C=C2N. The first kappa shape index (κ1) is 33.4. The number of ether oxygens (including phenoxy) is 1. The number of nitrogens with one attached hydrogen (secondary N) is 2. The van der Waals surface area contributed by atoms with E-state index < -0.39 is 62.7 Å². The van der Waals surface area contributed by atoms with Gasteiger partial charge in [-0.25, -0.2) is 8.98 Å². The van der Waals surface area contributed by atoms with Crippen molar-refractivity contribution in [1.29, 1.82) is 0 Å². The molecule has 0 bridgehead atoms. The zero-order chi connectivity index (χ0) is 31.2. The fourth-order valence-electron chi connectivity index (χ4n) is 4.07. The van der Waals surface area contributed by atoms with E-state index in [9.17, 15) is 18.0 Å². The third kappa shape index (κ3) is 6.95. The van der Waals surface area contributed by atoms with Gasteiger partial charge >= 0.3 is 6.03 Å². The van der Waals surface area contributed by atoms with Crippen LogP contribution in [0.4, 0.5) is 4.79 Å². The average molecular weight is 628 g/mol. The molecule has 3 unspecified atom stereocenters. The second kappa shape index (κ2) is 11.2. The molecule has 0 aromatic heterocycles. The summed E-state index contributed by atoms with van der Waals surface area (Å²) >= 11 is 0. The van der Waals surface area contributed by atoms with E-state index in [1.54, 1.807) is 30.3 Å². The maximum absolute atomic E-state index is 13.1. The zero-order valence-corrected chi connectivity index (χ0v) is 28.5. The van der Waals surface area contributed by atoms with E-state index in [2.05, 4.69) is 44.5 Å². The van der Waals surface area contributed by atoms with Crippen LogP contribution in [-0.4, -0.2) is 67.6 Å². The maximum Gasteiger partial charge on any atom is 0.323 e. The summed E-state index contributed by atoms with van der Waals surface area (Å²) in [5.41, 5.74) is 4.81. The fraction of sp³-hybridized carbons (Fsp3) is 0.630. The van der Waals surface area contributed by atoms with Crippen molar-refractivity contribution >= 4 is 38.7 Å². The zero-order valence-electron chi connectivity index (χ0n) is 25.7. The summed E-state index contributed by atoms with van der Waals surface area (Å²) < 4.78 is 50.8. The molecule has 3 rings (SSSR count). The number of hydrogen-bond acceptors (Lipinski definition) is 9.